The van der Waals surface area contributed by atoms with Crippen LogP contribution in [0.5, 0.6) is 5.75 Å². The summed E-state index contributed by atoms with van der Waals surface area (Å²) in [7, 11) is 0. The number of carbonyl (C=O) groups excluding carboxylic acids is 1. The van der Waals surface area contributed by atoms with Crippen molar-refractivity contribution in [3.63, 3.8) is 0 Å². The number of amides is 1. The predicted molar refractivity (Wildman–Crippen MR) is 109 cm³/mol. The van der Waals surface area contributed by atoms with Gasteiger partial charge in [0.1, 0.15) is 23.7 Å². The average molecular weight is 394 g/mol. The number of hydrogen-bond acceptors (Lipinski definition) is 5. The van der Waals surface area contributed by atoms with Crippen molar-refractivity contribution < 1.29 is 9.53 Å². The zero-order valence-electron chi connectivity index (χ0n) is 17.1. The summed E-state index contributed by atoms with van der Waals surface area (Å²) < 4.78 is 5.70. The van der Waals surface area contributed by atoms with Crippen LogP contribution < -0.4 is 10.3 Å². The lowest BCUT2D eigenvalue weighted by molar-refractivity contribution is 0.0696. The van der Waals surface area contributed by atoms with E-state index in [-0.39, 0.29) is 29.4 Å². The van der Waals surface area contributed by atoms with Crippen molar-refractivity contribution in [1.82, 2.24) is 14.9 Å². The molecule has 0 saturated carbocycles. The first-order chi connectivity index (χ1) is 13.8. The fraction of sp³-hybridized carbons (Fsp3) is 0.455. The van der Waals surface area contributed by atoms with E-state index in [0.717, 1.165) is 12.8 Å². The molecule has 3 rings (SSSR count). The highest BCUT2D eigenvalue weighted by molar-refractivity contribution is 5.93. The Hall–Kier alpha value is -3.14. The van der Waals surface area contributed by atoms with Crippen molar-refractivity contribution in [2.45, 2.75) is 45.6 Å². The summed E-state index contributed by atoms with van der Waals surface area (Å²) in [6, 6.07) is 10.00. The van der Waals surface area contributed by atoms with E-state index in [2.05, 4.69) is 36.8 Å². The van der Waals surface area contributed by atoms with Crippen molar-refractivity contribution in [2.24, 2.45) is 5.92 Å². The van der Waals surface area contributed by atoms with E-state index in [0.29, 0.717) is 24.7 Å². The van der Waals surface area contributed by atoms with Gasteiger partial charge in [0, 0.05) is 19.3 Å². The smallest absolute Gasteiger partial charge is 0.263 e. The number of aromatic nitrogens is 2. The Bertz CT molecular complexity index is 967. The molecule has 152 valence electrons. The number of rotatable bonds is 4. The Morgan fingerprint density at radius 3 is 2.69 bits per heavy atom. The molecule has 0 spiro atoms. The van der Waals surface area contributed by atoms with Gasteiger partial charge < -0.3 is 14.6 Å². The van der Waals surface area contributed by atoms with E-state index in [1.165, 1.54) is 11.8 Å². The number of likely N-dealkylation sites (tertiary alicyclic amines) is 1. The molecule has 29 heavy (non-hydrogen) atoms. The SMILES string of the molecule is CC(C)(C)c1ccc(OCc2ncc(C(=O)N3CCC[C@H](C#N)C3)c(=O)[nH]2)cc1. The molecule has 7 heteroatoms. The predicted octanol–water partition coefficient (Wildman–Crippen LogP) is 3.02. The van der Waals surface area contributed by atoms with E-state index < -0.39 is 5.56 Å². The highest BCUT2D eigenvalue weighted by Gasteiger charge is 2.26. The molecule has 1 atom stereocenters. The maximum absolute atomic E-state index is 12.6. The van der Waals surface area contributed by atoms with E-state index >= 15 is 0 Å². The third-order valence-corrected chi connectivity index (χ3v) is 5.07. The Morgan fingerprint density at radius 1 is 1.34 bits per heavy atom. The second-order valence-corrected chi connectivity index (χ2v) is 8.36. The molecule has 1 aromatic carbocycles. The van der Waals surface area contributed by atoms with Crippen molar-refractivity contribution in [2.75, 3.05) is 13.1 Å². The molecule has 1 saturated heterocycles. The van der Waals surface area contributed by atoms with Crippen LogP contribution in [0.4, 0.5) is 0 Å². The van der Waals surface area contributed by atoms with Gasteiger partial charge in [-0.05, 0) is 36.0 Å². The lowest BCUT2D eigenvalue weighted by atomic mass is 9.87. The Balaban J connectivity index is 1.64. The van der Waals surface area contributed by atoms with Gasteiger partial charge in [-0.15, -0.1) is 0 Å². The molecule has 0 aliphatic carbocycles. The topological polar surface area (TPSA) is 99.1 Å². The number of nitrogens with zero attached hydrogens (tertiary/aromatic N) is 3. The molecule has 1 aliphatic heterocycles. The molecule has 0 radical (unpaired) electrons. The highest BCUT2D eigenvalue weighted by Crippen LogP contribution is 2.24. The monoisotopic (exact) mass is 394 g/mol. The lowest BCUT2D eigenvalue weighted by Gasteiger charge is -2.29. The molecule has 0 bridgehead atoms. The fourth-order valence-electron chi connectivity index (χ4n) is 3.30. The molecule has 1 N–H and O–H groups in total. The minimum atomic E-state index is -0.495. The number of ether oxygens (including phenoxy) is 1. The van der Waals surface area contributed by atoms with Crippen LogP contribution in [0.15, 0.2) is 35.3 Å². The number of hydrogen-bond donors (Lipinski definition) is 1. The van der Waals surface area contributed by atoms with Crippen molar-refractivity contribution >= 4 is 5.91 Å². The van der Waals surface area contributed by atoms with Crippen molar-refractivity contribution in [3.8, 4) is 11.8 Å². The number of aromatic amines is 1. The summed E-state index contributed by atoms with van der Waals surface area (Å²) in [4.78, 5) is 33.3. The third-order valence-electron chi connectivity index (χ3n) is 5.07. The van der Waals surface area contributed by atoms with Gasteiger partial charge in [-0.3, -0.25) is 9.59 Å². The molecular weight excluding hydrogens is 368 g/mol. The van der Waals surface area contributed by atoms with Gasteiger partial charge in [0.25, 0.3) is 11.5 Å². The van der Waals surface area contributed by atoms with E-state index in [1.54, 1.807) is 4.90 Å². The zero-order chi connectivity index (χ0) is 21.0. The maximum atomic E-state index is 12.6. The summed E-state index contributed by atoms with van der Waals surface area (Å²) >= 11 is 0. The van der Waals surface area contributed by atoms with Gasteiger partial charge in [0.2, 0.25) is 0 Å². The van der Waals surface area contributed by atoms with E-state index in [1.807, 2.05) is 24.3 Å². The number of H-pyrrole nitrogens is 1. The van der Waals surface area contributed by atoms with E-state index in [4.69, 9.17) is 10.00 Å². The third kappa shape index (κ3) is 5.02. The zero-order valence-corrected chi connectivity index (χ0v) is 17.1. The first kappa shape index (κ1) is 20.6. The summed E-state index contributed by atoms with van der Waals surface area (Å²) in [6.07, 6.45) is 2.83. The summed E-state index contributed by atoms with van der Waals surface area (Å²) in [6.45, 7) is 7.43. The van der Waals surface area contributed by atoms with Gasteiger partial charge in [0.15, 0.2) is 0 Å². The molecule has 2 aromatic rings. The molecule has 1 fully saturated rings. The Labute approximate surface area is 170 Å². The van der Waals surface area contributed by atoms with Gasteiger partial charge in [-0.1, -0.05) is 32.9 Å². The minimum Gasteiger partial charge on any atom is -0.486 e. The quantitative estimate of drug-likeness (QED) is 0.859. The first-order valence-corrected chi connectivity index (χ1v) is 9.78. The summed E-state index contributed by atoms with van der Waals surface area (Å²) in [5.41, 5.74) is 0.762. The molecule has 1 aromatic heterocycles. The van der Waals surface area contributed by atoms with Crippen molar-refractivity contribution in [1.29, 1.82) is 5.26 Å². The van der Waals surface area contributed by atoms with Crippen LogP contribution in [0.2, 0.25) is 0 Å². The standard InChI is InChI=1S/C22H26N4O3/c1-22(2,3)16-6-8-17(9-7-16)29-14-19-24-12-18(20(27)25-19)21(28)26-10-4-5-15(11-23)13-26/h6-9,12,15H,4-5,10,13-14H2,1-3H3,(H,24,25,27)/t15-/m1/s1. The second kappa shape index (κ2) is 8.48. The number of nitriles is 1. The second-order valence-electron chi connectivity index (χ2n) is 8.36. The van der Waals surface area contributed by atoms with Crippen LogP contribution >= 0.6 is 0 Å². The molecule has 2 heterocycles. The van der Waals surface area contributed by atoms with Gasteiger partial charge in [-0.25, -0.2) is 4.98 Å². The Morgan fingerprint density at radius 2 is 2.07 bits per heavy atom. The number of benzene rings is 1. The summed E-state index contributed by atoms with van der Waals surface area (Å²) in [5.74, 6) is 0.456. The van der Waals surface area contributed by atoms with Crippen molar-refractivity contribution in [3.05, 3.63) is 57.8 Å². The molecule has 1 aliphatic rings. The van der Waals surface area contributed by atoms with Crippen LogP contribution in [0.25, 0.3) is 0 Å². The van der Waals surface area contributed by atoms with Crippen LogP contribution in [0, 0.1) is 17.2 Å². The molecule has 1 amide bonds. The molecular formula is C22H26N4O3. The van der Waals surface area contributed by atoms with Gasteiger partial charge in [0.05, 0.1) is 12.0 Å². The van der Waals surface area contributed by atoms with Crippen LogP contribution in [-0.4, -0.2) is 33.9 Å². The highest BCUT2D eigenvalue weighted by atomic mass is 16.5. The van der Waals surface area contributed by atoms with Crippen LogP contribution in [0.3, 0.4) is 0 Å². The van der Waals surface area contributed by atoms with Crippen LogP contribution in [-0.2, 0) is 12.0 Å². The average Bonchev–Trinajstić information content (AvgIpc) is 2.71. The van der Waals surface area contributed by atoms with E-state index in [9.17, 15) is 9.59 Å². The maximum Gasteiger partial charge on any atom is 0.263 e. The first-order valence-electron chi connectivity index (χ1n) is 9.78. The summed E-state index contributed by atoms with van der Waals surface area (Å²) in [5, 5.41) is 9.08. The number of piperidine rings is 1. The fourth-order valence-corrected chi connectivity index (χ4v) is 3.30. The minimum absolute atomic E-state index is 0.0122. The molecule has 7 nitrogen and oxygen atoms in total. The largest absolute Gasteiger partial charge is 0.486 e. The Kier molecular flexibility index (Phi) is 6.02. The number of carbonyl (C=O) groups is 1. The normalized spacial score (nSPS) is 16.9. The molecule has 0 unspecified atom stereocenters. The lowest BCUT2D eigenvalue weighted by Crippen LogP contribution is -2.41. The van der Waals surface area contributed by atoms with Crippen LogP contribution in [0.1, 0.15) is 55.4 Å². The number of nitrogens with one attached hydrogen (secondary N) is 1. The van der Waals surface area contributed by atoms with Gasteiger partial charge in [-0.2, -0.15) is 5.26 Å². The van der Waals surface area contributed by atoms with Gasteiger partial charge >= 0.3 is 0 Å².